The van der Waals surface area contributed by atoms with Crippen molar-refractivity contribution >= 4 is 5.78 Å². The van der Waals surface area contributed by atoms with Crippen molar-refractivity contribution in [2.45, 2.75) is 64.4 Å². The predicted molar refractivity (Wildman–Crippen MR) is 78.1 cm³/mol. The second-order valence-corrected chi connectivity index (χ2v) is 7.88. The minimum Gasteiger partial charge on any atom is -0.389 e. The number of hydrogen-bond donors (Lipinski definition) is 1. The third-order valence-electron chi connectivity index (χ3n) is 7.14. The van der Waals surface area contributed by atoms with Gasteiger partial charge in [-0.1, -0.05) is 18.6 Å². The Labute approximate surface area is 121 Å². The first-order chi connectivity index (χ1) is 9.59. The van der Waals surface area contributed by atoms with Gasteiger partial charge in [-0.05, 0) is 68.6 Å². The highest BCUT2D eigenvalue weighted by molar-refractivity contribution is 5.87. The van der Waals surface area contributed by atoms with Crippen LogP contribution in [0.4, 0.5) is 0 Å². The predicted octanol–water partition coefficient (Wildman–Crippen LogP) is 3.49. The number of Topliss-reactive ketones (excluding diaryl/α,β-unsaturated/α-hetero) is 1. The van der Waals surface area contributed by atoms with Crippen LogP contribution in [0.15, 0.2) is 11.6 Å². The standard InChI is InChI=1S/C18H26O2/c1-18-9-8-14-13-5-3-12(19)10-11(13)2-4-15(14)16(18)6-7-17(18)20/h10,12-16,19H,2-9H2,1H3/t12-,13?,14?,15?,16?,18-/m0/s1. The number of rotatable bonds is 0. The highest BCUT2D eigenvalue weighted by atomic mass is 16.3. The lowest BCUT2D eigenvalue weighted by Crippen LogP contribution is -2.46. The van der Waals surface area contributed by atoms with Crippen LogP contribution in [0.1, 0.15) is 58.3 Å². The van der Waals surface area contributed by atoms with E-state index in [9.17, 15) is 9.90 Å². The van der Waals surface area contributed by atoms with Crippen molar-refractivity contribution in [2.24, 2.45) is 29.1 Å². The third kappa shape index (κ3) is 1.70. The summed E-state index contributed by atoms with van der Waals surface area (Å²) in [6.07, 6.45) is 10.8. The van der Waals surface area contributed by atoms with Crippen LogP contribution in [0.2, 0.25) is 0 Å². The quantitative estimate of drug-likeness (QED) is 0.687. The van der Waals surface area contributed by atoms with E-state index in [1.807, 2.05) is 0 Å². The average Bonchev–Trinajstić information content (AvgIpc) is 2.74. The zero-order chi connectivity index (χ0) is 13.9. The number of ketones is 1. The fourth-order valence-corrected chi connectivity index (χ4v) is 6.08. The second kappa shape index (κ2) is 4.43. The highest BCUT2D eigenvalue weighted by Crippen LogP contribution is 2.60. The van der Waals surface area contributed by atoms with E-state index in [4.69, 9.17) is 0 Å². The Morgan fingerprint density at radius 1 is 1.10 bits per heavy atom. The van der Waals surface area contributed by atoms with Crippen LogP contribution >= 0.6 is 0 Å². The Balaban J connectivity index is 1.63. The van der Waals surface area contributed by atoms with Gasteiger partial charge in [-0.15, -0.1) is 0 Å². The number of aliphatic hydroxyl groups is 1. The SMILES string of the molecule is C[C@]12CCC3C4CC[C@H](O)C=C4CCC3C1CCC2=O. The maximum atomic E-state index is 12.3. The molecule has 2 nitrogen and oxygen atoms in total. The van der Waals surface area contributed by atoms with E-state index in [0.29, 0.717) is 11.7 Å². The molecule has 1 N–H and O–H groups in total. The van der Waals surface area contributed by atoms with Crippen LogP contribution in [0, 0.1) is 29.1 Å². The van der Waals surface area contributed by atoms with Gasteiger partial charge in [0, 0.05) is 11.8 Å². The van der Waals surface area contributed by atoms with Gasteiger partial charge in [-0.2, -0.15) is 0 Å². The Bertz CT molecular complexity index is 466. The molecule has 110 valence electrons. The summed E-state index contributed by atoms with van der Waals surface area (Å²) in [6.45, 7) is 2.25. The minimum absolute atomic E-state index is 0.0105. The smallest absolute Gasteiger partial charge is 0.139 e. The molecular formula is C18H26O2. The molecule has 0 aromatic heterocycles. The molecular weight excluding hydrogens is 248 g/mol. The lowest BCUT2D eigenvalue weighted by Gasteiger charge is -2.52. The maximum Gasteiger partial charge on any atom is 0.139 e. The van der Waals surface area contributed by atoms with Gasteiger partial charge in [-0.25, -0.2) is 0 Å². The van der Waals surface area contributed by atoms with Gasteiger partial charge < -0.3 is 5.11 Å². The maximum absolute atomic E-state index is 12.3. The lowest BCUT2D eigenvalue weighted by molar-refractivity contribution is -0.131. The highest BCUT2D eigenvalue weighted by Gasteiger charge is 2.55. The van der Waals surface area contributed by atoms with Crippen LogP contribution in [0.25, 0.3) is 0 Å². The van der Waals surface area contributed by atoms with Crippen molar-refractivity contribution in [3.05, 3.63) is 11.6 Å². The van der Waals surface area contributed by atoms with Crippen molar-refractivity contribution in [3.63, 3.8) is 0 Å². The molecule has 4 aliphatic rings. The van der Waals surface area contributed by atoms with Crippen LogP contribution in [-0.4, -0.2) is 17.0 Å². The fraction of sp³-hybridized carbons (Fsp3) is 0.833. The number of fused-ring (bicyclic) bond motifs is 5. The molecule has 0 saturated heterocycles. The van der Waals surface area contributed by atoms with Crippen molar-refractivity contribution in [1.82, 2.24) is 0 Å². The third-order valence-corrected chi connectivity index (χ3v) is 7.14. The summed E-state index contributed by atoms with van der Waals surface area (Å²) in [6, 6.07) is 0. The van der Waals surface area contributed by atoms with Gasteiger partial charge in [0.2, 0.25) is 0 Å². The number of allylic oxidation sites excluding steroid dienone is 1. The van der Waals surface area contributed by atoms with Gasteiger partial charge in [0.15, 0.2) is 0 Å². The number of carbonyl (C=O) groups excluding carboxylic acids is 1. The van der Waals surface area contributed by atoms with Gasteiger partial charge in [0.25, 0.3) is 0 Å². The molecule has 4 rings (SSSR count). The molecule has 0 amide bonds. The average molecular weight is 274 g/mol. The molecule has 0 aromatic carbocycles. The molecule has 4 unspecified atom stereocenters. The van der Waals surface area contributed by atoms with E-state index in [-0.39, 0.29) is 11.5 Å². The Hall–Kier alpha value is -0.630. The number of carbonyl (C=O) groups is 1. The summed E-state index contributed by atoms with van der Waals surface area (Å²) in [7, 11) is 0. The molecule has 4 aliphatic carbocycles. The lowest BCUT2D eigenvalue weighted by atomic mass is 9.52. The van der Waals surface area contributed by atoms with E-state index in [2.05, 4.69) is 13.0 Å². The van der Waals surface area contributed by atoms with Gasteiger partial charge >= 0.3 is 0 Å². The van der Waals surface area contributed by atoms with Crippen LogP contribution in [-0.2, 0) is 4.79 Å². The van der Waals surface area contributed by atoms with Gasteiger partial charge in [-0.3, -0.25) is 4.79 Å². The Morgan fingerprint density at radius 3 is 2.80 bits per heavy atom. The van der Waals surface area contributed by atoms with E-state index < -0.39 is 0 Å². The van der Waals surface area contributed by atoms with E-state index in [1.54, 1.807) is 0 Å². The Kier molecular flexibility index (Phi) is 2.89. The van der Waals surface area contributed by atoms with Crippen molar-refractivity contribution in [2.75, 3.05) is 0 Å². The Morgan fingerprint density at radius 2 is 1.95 bits per heavy atom. The summed E-state index contributed by atoms with van der Waals surface area (Å²) in [5.41, 5.74) is 1.55. The molecule has 3 fully saturated rings. The van der Waals surface area contributed by atoms with Crippen molar-refractivity contribution < 1.29 is 9.90 Å². The van der Waals surface area contributed by atoms with Gasteiger partial charge in [0.05, 0.1) is 6.10 Å². The summed E-state index contributed by atoms with van der Waals surface area (Å²) in [5.74, 6) is 3.49. The molecule has 0 aromatic rings. The normalized spacial score (nSPS) is 51.0. The zero-order valence-corrected chi connectivity index (χ0v) is 12.5. The summed E-state index contributed by atoms with van der Waals surface area (Å²) in [5, 5.41) is 9.85. The first-order valence-electron chi connectivity index (χ1n) is 8.51. The zero-order valence-electron chi connectivity index (χ0n) is 12.5. The molecule has 0 bridgehead atoms. The number of aliphatic hydroxyl groups excluding tert-OH is 1. The topological polar surface area (TPSA) is 37.3 Å². The first-order valence-corrected chi connectivity index (χ1v) is 8.51. The molecule has 0 heterocycles. The first kappa shape index (κ1) is 13.1. The van der Waals surface area contributed by atoms with E-state index in [1.165, 1.54) is 31.3 Å². The molecule has 0 radical (unpaired) electrons. The molecule has 2 heteroatoms. The summed E-state index contributed by atoms with van der Waals surface area (Å²) in [4.78, 5) is 12.3. The molecule has 3 saturated carbocycles. The van der Waals surface area contributed by atoms with Crippen molar-refractivity contribution in [1.29, 1.82) is 0 Å². The molecule has 0 spiro atoms. The largest absolute Gasteiger partial charge is 0.389 e. The summed E-state index contributed by atoms with van der Waals surface area (Å²) >= 11 is 0. The molecule has 0 aliphatic heterocycles. The van der Waals surface area contributed by atoms with Crippen LogP contribution < -0.4 is 0 Å². The van der Waals surface area contributed by atoms with Crippen LogP contribution in [0.5, 0.6) is 0 Å². The monoisotopic (exact) mass is 274 g/mol. The molecule has 6 atom stereocenters. The minimum atomic E-state index is -0.195. The van der Waals surface area contributed by atoms with Gasteiger partial charge in [0.1, 0.15) is 5.78 Å². The van der Waals surface area contributed by atoms with Crippen LogP contribution in [0.3, 0.4) is 0 Å². The fourth-order valence-electron chi connectivity index (χ4n) is 6.08. The van der Waals surface area contributed by atoms with E-state index >= 15 is 0 Å². The van der Waals surface area contributed by atoms with Crippen molar-refractivity contribution in [3.8, 4) is 0 Å². The summed E-state index contributed by atoms with van der Waals surface area (Å²) < 4.78 is 0. The van der Waals surface area contributed by atoms with E-state index in [0.717, 1.165) is 43.4 Å². The second-order valence-electron chi connectivity index (χ2n) is 7.88. The number of hydrogen-bond acceptors (Lipinski definition) is 2. The molecule has 20 heavy (non-hydrogen) atoms.